The molecule has 4 heterocycles. The molecule has 0 radical (unpaired) electrons. The van der Waals surface area contributed by atoms with Crippen molar-refractivity contribution in [3.63, 3.8) is 0 Å². The van der Waals surface area contributed by atoms with Crippen molar-refractivity contribution >= 4 is 22.7 Å². The number of rotatable bonds is 1. The van der Waals surface area contributed by atoms with Crippen LogP contribution >= 0.6 is 0 Å². The number of hydrogen-bond acceptors (Lipinski definition) is 4. The van der Waals surface area contributed by atoms with Gasteiger partial charge in [-0.1, -0.05) is 39.8 Å². The second-order valence-corrected chi connectivity index (χ2v) is 10.3. The lowest BCUT2D eigenvalue weighted by Crippen LogP contribution is -2.60. The lowest BCUT2D eigenvalue weighted by Gasteiger charge is -2.56. The predicted molar refractivity (Wildman–Crippen MR) is 129 cm³/mol. The van der Waals surface area contributed by atoms with Gasteiger partial charge in [-0.2, -0.15) is 0 Å². The Bertz CT molecular complexity index is 1210. The minimum atomic E-state index is -0.0589. The number of fused-ring (bicyclic) bond motifs is 5. The van der Waals surface area contributed by atoms with Crippen LogP contribution in [0.15, 0.2) is 42.5 Å². The molecule has 0 amide bonds. The fraction of sp³-hybridized carbons (Fsp3) is 0.407. The van der Waals surface area contributed by atoms with E-state index in [2.05, 4.69) is 108 Å². The maximum atomic E-state index is 4.89. The van der Waals surface area contributed by atoms with E-state index in [0.29, 0.717) is 0 Å². The Labute approximate surface area is 186 Å². The molecule has 160 valence electrons. The van der Waals surface area contributed by atoms with Crippen molar-refractivity contribution in [1.29, 1.82) is 0 Å². The van der Waals surface area contributed by atoms with Crippen LogP contribution in [0.2, 0.25) is 0 Å². The lowest BCUT2D eigenvalue weighted by molar-refractivity contribution is 0.145. The summed E-state index contributed by atoms with van der Waals surface area (Å²) in [6.07, 6.45) is 0.124. The van der Waals surface area contributed by atoms with Gasteiger partial charge in [0.15, 0.2) is 0 Å². The highest BCUT2D eigenvalue weighted by Crippen LogP contribution is 2.62. The highest BCUT2D eigenvalue weighted by molar-refractivity contribution is 5.91. The number of aryl methyl sites for hydroxylation is 4. The fourth-order valence-electron chi connectivity index (χ4n) is 5.61. The number of pyridine rings is 2. The topological polar surface area (TPSA) is 32.3 Å². The van der Waals surface area contributed by atoms with Crippen LogP contribution in [0.3, 0.4) is 0 Å². The third-order valence-corrected chi connectivity index (χ3v) is 7.81. The molecule has 2 aliphatic heterocycles. The molecule has 0 fully saturated rings. The van der Waals surface area contributed by atoms with E-state index in [1.165, 1.54) is 28.3 Å². The van der Waals surface area contributed by atoms with Gasteiger partial charge in [-0.05, 0) is 63.6 Å². The summed E-state index contributed by atoms with van der Waals surface area (Å²) in [6.45, 7) is 18.0. The number of nitrogens with zero attached hydrogens (tertiary/aromatic N) is 4. The Morgan fingerprint density at radius 1 is 0.710 bits per heavy atom. The summed E-state index contributed by atoms with van der Waals surface area (Å²) >= 11 is 0. The van der Waals surface area contributed by atoms with E-state index >= 15 is 0 Å². The largest absolute Gasteiger partial charge is 0.316 e. The minimum absolute atomic E-state index is 0.0473. The monoisotopic (exact) mass is 412 g/mol. The maximum absolute atomic E-state index is 4.89. The van der Waals surface area contributed by atoms with Crippen molar-refractivity contribution in [2.75, 3.05) is 9.80 Å². The van der Waals surface area contributed by atoms with Crippen LogP contribution in [-0.2, 0) is 5.41 Å². The van der Waals surface area contributed by atoms with E-state index in [9.17, 15) is 0 Å². The van der Waals surface area contributed by atoms with E-state index in [-0.39, 0.29) is 17.0 Å². The zero-order chi connectivity index (χ0) is 22.3. The molecule has 1 atom stereocenters. The van der Waals surface area contributed by atoms with Gasteiger partial charge in [-0.15, -0.1) is 0 Å². The third-order valence-electron chi connectivity index (χ3n) is 7.81. The van der Waals surface area contributed by atoms with Crippen molar-refractivity contribution < 1.29 is 0 Å². The quantitative estimate of drug-likeness (QED) is 0.448. The Balaban J connectivity index is 1.87. The van der Waals surface area contributed by atoms with Crippen molar-refractivity contribution in [3.8, 4) is 0 Å². The summed E-state index contributed by atoms with van der Waals surface area (Å²) in [5, 5.41) is 0. The summed E-state index contributed by atoms with van der Waals surface area (Å²) in [5.74, 6) is 0. The molecule has 0 spiro atoms. The molecule has 4 heteroatoms. The Morgan fingerprint density at radius 2 is 1.32 bits per heavy atom. The summed E-state index contributed by atoms with van der Waals surface area (Å²) in [5.41, 5.74) is 10.5. The predicted octanol–water partition coefficient (Wildman–Crippen LogP) is 6.64. The fourth-order valence-corrected chi connectivity index (χ4v) is 5.61. The summed E-state index contributed by atoms with van der Waals surface area (Å²) < 4.78 is 0. The molecule has 3 aromatic rings. The molecule has 5 rings (SSSR count). The Hall–Kier alpha value is -2.88. The second kappa shape index (κ2) is 6.32. The van der Waals surface area contributed by atoms with Gasteiger partial charge >= 0.3 is 0 Å². The van der Waals surface area contributed by atoms with Gasteiger partial charge in [-0.25, -0.2) is 0 Å². The summed E-state index contributed by atoms with van der Waals surface area (Å²) in [6, 6.07) is 15.4. The third kappa shape index (κ3) is 2.54. The van der Waals surface area contributed by atoms with Crippen LogP contribution < -0.4 is 9.80 Å². The summed E-state index contributed by atoms with van der Waals surface area (Å²) in [4.78, 5) is 14.8. The first-order valence-corrected chi connectivity index (χ1v) is 11.2. The van der Waals surface area contributed by atoms with E-state index in [0.717, 1.165) is 22.8 Å². The zero-order valence-electron chi connectivity index (χ0n) is 19.9. The molecule has 0 saturated carbocycles. The molecule has 0 N–H and O–H groups in total. The lowest BCUT2D eigenvalue weighted by atomic mass is 9.59. The van der Waals surface area contributed by atoms with Crippen molar-refractivity contribution in [2.24, 2.45) is 5.41 Å². The molecule has 2 aromatic heterocycles. The molecule has 1 aromatic carbocycles. The molecule has 2 aliphatic rings. The highest BCUT2D eigenvalue weighted by atomic mass is 15.4. The average molecular weight is 413 g/mol. The first-order chi connectivity index (χ1) is 14.6. The van der Waals surface area contributed by atoms with Crippen molar-refractivity contribution in [2.45, 2.75) is 67.0 Å². The maximum Gasteiger partial charge on any atom is 0.117 e. The van der Waals surface area contributed by atoms with Crippen molar-refractivity contribution in [1.82, 2.24) is 9.97 Å². The SMILES string of the molecule is Cc1ccc(N2c3ccccc3N3c4c(cc(C)nc4C)C(C)(C)C(C)(C)C23)c(C)n1. The van der Waals surface area contributed by atoms with E-state index in [1.54, 1.807) is 0 Å². The zero-order valence-corrected chi connectivity index (χ0v) is 19.9. The number of benzene rings is 1. The van der Waals surface area contributed by atoms with E-state index in [4.69, 9.17) is 9.97 Å². The second-order valence-electron chi connectivity index (χ2n) is 10.3. The van der Waals surface area contributed by atoms with Gasteiger partial charge in [0, 0.05) is 22.2 Å². The van der Waals surface area contributed by atoms with Crippen molar-refractivity contribution in [3.05, 3.63) is 70.8 Å². The first-order valence-electron chi connectivity index (χ1n) is 11.2. The number of hydrogen-bond donors (Lipinski definition) is 0. The molecule has 0 bridgehead atoms. The van der Waals surface area contributed by atoms with Gasteiger partial charge in [-0.3, -0.25) is 9.97 Å². The van der Waals surface area contributed by atoms with Gasteiger partial charge < -0.3 is 9.80 Å². The average Bonchev–Trinajstić information content (AvgIpc) is 3.02. The van der Waals surface area contributed by atoms with Gasteiger partial charge in [0.25, 0.3) is 0 Å². The molecule has 4 nitrogen and oxygen atoms in total. The minimum Gasteiger partial charge on any atom is -0.316 e. The smallest absolute Gasteiger partial charge is 0.117 e. The molecule has 1 unspecified atom stereocenters. The van der Waals surface area contributed by atoms with Crippen LogP contribution in [0.5, 0.6) is 0 Å². The molecular weight excluding hydrogens is 380 g/mol. The van der Waals surface area contributed by atoms with E-state index < -0.39 is 0 Å². The number of para-hydroxylation sites is 2. The highest BCUT2D eigenvalue weighted by Gasteiger charge is 2.58. The number of aromatic nitrogens is 2. The van der Waals surface area contributed by atoms with Gasteiger partial charge in [0.2, 0.25) is 0 Å². The standard InChI is InChI=1S/C27H32N4/c1-16-13-14-21(18(3)28-16)30-22-11-9-10-12-23(22)31-24-19(4)29-17(2)15-20(24)26(5,6)27(7,8)25(30)31/h9-15,25H,1-8H3. The van der Waals surface area contributed by atoms with Crippen LogP contribution in [0.1, 0.15) is 56.0 Å². The van der Waals surface area contributed by atoms with Crippen LogP contribution in [-0.4, -0.2) is 16.1 Å². The summed E-state index contributed by atoms with van der Waals surface area (Å²) in [7, 11) is 0. The Morgan fingerprint density at radius 3 is 1.97 bits per heavy atom. The first kappa shape index (κ1) is 20.0. The molecule has 31 heavy (non-hydrogen) atoms. The molecular formula is C27H32N4. The van der Waals surface area contributed by atoms with Gasteiger partial charge in [0.05, 0.1) is 34.1 Å². The number of anilines is 4. The van der Waals surface area contributed by atoms with Crippen LogP contribution in [0.4, 0.5) is 22.7 Å². The van der Waals surface area contributed by atoms with Crippen LogP contribution in [0, 0.1) is 33.1 Å². The Kier molecular flexibility index (Phi) is 4.09. The van der Waals surface area contributed by atoms with Gasteiger partial charge in [0.1, 0.15) is 6.17 Å². The van der Waals surface area contributed by atoms with E-state index in [1.807, 2.05) is 0 Å². The molecule has 0 saturated heterocycles. The molecule has 0 aliphatic carbocycles. The van der Waals surface area contributed by atoms with Crippen LogP contribution in [0.25, 0.3) is 0 Å². The normalized spacial score (nSPS) is 20.3.